The number of nitrogens with two attached hydrogens (primary N) is 1. The van der Waals surface area contributed by atoms with Gasteiger partial charge in [0.1, 0.15) is 46.7 Å². The lowest BCUT2D eigenvalue weighted by Gasteiger charge is -2.17. The number of ether oxygens (including phenoxy) is 3. The summed E-state index contributed by atoms with van der Waals surface area (Å²) in [5.74, 6) is -3.43. The highest BCUT2D eigenvalue weighted by Gasteiger charge is 2.35. The Bertz CT molecular complexity index is 2940. The van der Waals surface area contributed by atoms with Crippen LogP contribution in [0.5, 0.6) is 11.5 Å². The van der Waals surface area contributed by atoms with Gasteiger partial charge >= 0.3 is 42.0 Å². The fraction of sp³-hybridized carbons (Fsp3) is 0.372. The topological polar surface area (TPSA) is 266 Å². The van der Waals surface area contributed by atoms with Gasteiger partial charge in [-0.1, -0.05) is 30.7 Å². The van der Waals surface area contributed by atoms with Crippen LogP contribution in [0.4, 0.5) is 26.3 Å². The predicted molar refractivity (Wildman–Crippen MR) is 245 cm³/mol. The molecule has 0 fully saturated rings. The average Bonchev–Trinajstić information content (AvgIpc) is 3.59. The SMILES string of the molecule is CCc1ccc(COc2ccc(-n3c(=O)cc(C(F)(F)F)n(C)c3=O)cc2)c(OC(C)C(=O)OC)c1.CP(=O)(O)CCC(N)C(=O)O.Cc1nn(-c2cc(CC(Cl)C(=O)O)c(Cl)cc2F)c(=O)n1C(F)F. The number of hydrogen-bond donors (Lipinski definition) is 4. The summed E-state index contributed by atoms with van der Waals surface area (Å²) in [6, 6.07) is 12.5. The van der Waals surface area contributed by atoms with Crippen molar-refractivity contribution in [3.05, 3.63) is 131 Å². The Morgan fingerprint density at radius 1 is 0.958 bits per heavy atom. The van der Waals surface area contributed by atoms with Crippen molar-refractivity contribution in [1.82, 2.24) is 23.5 Å². The second-order valence-corrected chi connectivity index (χ2v) is 18.7. The van der Waals surface area contributed by atoms with E-state index in [0.717, 1.165) is 38.1 Å². The molecule has 0 amide bonds. The largest absolute Gasteiger partial charge is 0.489 e. The summed E-state index contributed by atoms with van der Waals surface area (Å²) in [6.07, 6.45) is -5.17. The molecule has 2 heterocycles. The number of halogens is 8. The Morgan fingerprint density at radius 3 is 2.08 bits per heavy atom. The van der Waals surface area contributed by atoms with Crippen LogP contribution in [-0.2, 0) is 56.4 Å². The lowest BCUT2D eigenvalue weighted by Crippen LogP contribution is -2.40. The predicted octanol–water partition coefficient (Wildman–Crippen LogP) is 6.09. The number of rotatable bonds is 17. The molecule has 5 aromatic rings. The molecule has 5 N–H and O–H groups in total. The fourth-order valence-corrected chi connectivity index (χ4v) is 7.13. The molecule has 0 radical (unpaired) electrons. The number of carbonyl (C=O) groups excluding carboxylic acids is 1. The number of aliphatic carboxylic acids is 2. The molecular formula is C43H47Cl2F6N6O13P. The number of carboxylic acid groups (broad SMARTS) is 2. The van der Waals surface area contributed by atoms with E-state index in [0.29, 0.717) is 36.9 Å². The van der Waals surface area contributed by atoms with E-state index in [2.05, 4.69) is 5.10 Å². The minimum atomic E-state index is -4.84. The molecule has 4 unspecified atom stereocenters. The molecule has 19 nitrogen and oxygen atoms in total. The maximum atomic E-state index is 14.1. The number of carboxylic acids is 2. The molecule has 28 heteroatoms. The lowest BCUT2D eigenvalue weighted by atomic mass is 10.1. The van der Waals surface area contributed by atoms with Crippen molar-refractivity contribution in [2.75, 3.05) is 19.9 Å². The zero-order valence-corrected chi connectivity index (χ0v) is 40.7. The number of carbonyl (C=O) groups is 3. The first-order valence-electron chi connectivity index (χ1n) is 20.5. The van der Waals surface area contributed by atoms with Crippen LogP contribution < -0.4 is 32.1 Å². The number of aromatic nitrogens is 5. The molecule has 5 rings (SSSR count). The average molecular weight is 1070 g/mol. The van der Waals surface area contributed by atoms with E-state index in [9.17, 15) is 59.7 Å². The summed E-state index contributed by atoms with van der Waals surface area (Å²) in [4.78, 5) is 78.1. The van der Waals surface area contributed by atoms with Crippen LogP contribution in [0.15, 0.2) is 75.0 Å². The molecule has 3 aromatic carbocycles. The van der Waals surface area contributed by atoms with Crippen LogP contribution in [0.25, 0.3) is 11.4 Å². The fourth-order valence-electron chi connectivity index (χ4n) is 5.98. The first-order valence-corrected chi connectivity index (χ1v) is 23.6. The monoisotopic (exact) mass is 1070 g/mol. The van der Waals surface area contributed by atoms with Gasteiger partial charge in [-0.2, -0.15) is 26.6 Å². The van der Waals surface area contributed by atoms with Gasteiger partial charge in [-0.15, -0.1) is 16.7 Å². The van der Waals surface area contributed by atoms with Crippen LogP contribution in [0.2, 0.25) is 5.02 Å². The van der Waals surface area contributed by atoms with Crippen molar-refractivity contribution in [2.24, 2.45) is 12.8 Å². The highest BCUT2D eigenvalue weighted by atomic mass is 35.5. The number of methoxy groups -OCH3 is 1. The van der Waals surface area contributed by atoms with Crippen LogP contribution in [0.1, 0.15) is 55.0 Å². The van der Waals surface area contributed by atoms with Gasteiger partial charge in [0.05, 0.1) is 12.8 Å². The molecule has 4 atom stereocenters. The van der Waals surface area contributed by atoms with E-state index in [1.165, 1.54) is 38.0 Å². The maximum absolute atomic E-state index is 14.1. The zero-order chi connectivity index (χ0) is 53.9. The Kier molecular flexibility index (Phi) is 20.8. The summed E-state index contributed by atoms with van der Waals surface area (Å²) >= 11 is 11.5. The third-order valence-electron chi connectivity index (χ3n) is 9.84. The smallest absolute Gasteiger partial charge is 0.431 e. The highest BCUT2D eigenvalue weighted by Crippen LogP contribution is 2.36. The minimum absolute atomic E-state index is 0.0412. The Balaban J connectivity index is 0.000000326. The first-order chi connectivity index (χ1) is 32.9. The maximum Gasteiger partial charge on any atom is 0.431 e. The summed E-state index contributed by atoms with van der Waals surface area (Å²) in [7, 11) is -0.884. The molecule has 0 saturated carbocycles. The summed E-state index contributed by atoms with van der Waals surface area (Å²) in [5.41, 5.74) is 1.75. The third-order valence-corrected chi connectivity index (χ3v) is 11.6. The minimum Gasteiger partial charge on any atom is -0.489 e. The van der Waals surface area contributed by atoms with Crippen LogP contribution in [0.3, 0.4) is 0 Å². The summed E-state index contributed by atoms with van der Waals surface area (Å²) in [6.45, 7) is 2.84. The van der Waals surface area contributed by atoms with E-state index in [4.69, 9.17) is 58.3 Å². The Hall–Kier alpha value is -6.40. The molecule has 71 heavy (non-hydrogen) atoms. The van der Waals surface area contributed by atoms with Gasteiger partial charge in [0, 0.05) is 42.9 Å². The van der Waals surface area contributed by atoms with Crippen LogP contribution in [0, 0.1) is 12.7 Å². The highest BCUT2D eigenvalue weighted by molar-refractivity contribution is 7.57. The van der Waals surface area contributed by atoms with Gasteiger partial charge in [-0.25, -0.2) is 27.9 Å². The van der Waals surface area contributed by atoms with Crippen molar-refractivity contribution < 1.29 is 74.6 Å². The van der Waals surface area contributed by atoms with Crippen LogP contribution >= 0.6 is 30.6 Å². The van der Waals surface area contributed by atoms with Gasteiger partial charge in [-0.05, 0) is 80.3 Å². The number of alkyl halides is 6. The molecule has 0 aliphatic rings. The molecule has 0 aliphatic heterocycles. The molecule has 0 saturated heterocycles. The quantitative estimate of drug-likeness (QED) is 0.0355. The van der Waals surface area contributed by atoms with Gasteiger partial charge in [0.25, 0.3) is 5.56 Å². The van der Waals surface area contributed by atoms with E-state index >= 15 is 0 Å². The summed E-state index contributed by atoms with van der Waals surface area (Å²) < 4.78 is 107. The molecule has 0 bridgehead atoms. The van der Waals surface area contributed by atoms with E-state index in [1.807, 2.05) is 25.1 Å². The number of benzene rings is 3. The van der Waals surface area contributed by atoms with Crippen molar-refractivity contribution in [3.63, 3.8) is 0 Å². The van der Waals surface area contributed by atoms with Gasteiger partial charge in [0.2, 0.25) is 0 Å². The molecular weight excluding hydrogens is 1020 g/mol. The van der Waals surface area contributed by atoms with Gasteiger partial charge < -0.3 is 35.1 Å². The number of nitrogens with zero attached hydrogens (tertiary/aromatic N) is 5. The first kappa shape index (κ1) is 58.9. The molecule has 0 spiro atoms. The Morgan fingerprint density at radius 2 is 1.58 bits per heavy atom. The normalized spacial score (nSPS) is 13.4. The second kappa shape index (κ2) is 25.1. The molecule has 388 valence electrons. The number of esters is 1. The van der Waals surface area contributed by atoms with Crippen molar-refractivity contribution >= 4 is 48.5 Å². The molecule has 2 aromatic heterocycles. The Labute approximate surface area is 409 Å². The number of hydrogen-bond acceptors (Lipinski definition) is 12. The molecule has 0 aliphatic carbocycles. The van der Waals surface area contributed by atoms with E-state index < -0.39 is 89.7 Å². The van der Waals surface area contributed by atoms with Crippen molar-refractivity contribution in [3.8, 4) is 22.9 Å². The van der Waals surface area contributed by atoms with Crippen LogP contribution in [-0.4, -0.2) is 94.0 Å². The van der Waals surface area contributed by atoms with E-state index in [1.54, 1.807) is 6.92 Å². The van der Waals surface area contributed by atoms with Crippen molar-refractivity contribution in [2.45, 2.75) is 76.9 Å². The lowest BCUT2D eigenvalue weighted by molar-refractivity contribution is -0.148. The van der Waals surface area contributed by atoms with E-state index in [-0.39, 0.29) is 52.3 Å². The second-order valence-electron chi connectivity index (χ2n) is 15.2. The van der Waals surface area contributed by atoms with Gasteiger partial charge in [-0.3, -0.25) is 23.5 Å². The third kappa shape index (κ3) is 16.3. The van der Waals surface area contributed by atoms with Crippen molar-refractivity contribution in [1.29, 1.82) is 0 Å². The number of aryl methyl sites for hydroxylation is 2. The zero-order valence-electron chi connectivity index (χ0n) is 38.3. The standard InChI is InChI=1S/C25H25F3N2O6.C13H10Cl2F3N3O3.C5H12NO4P/c1-5-16-6-7-17(20(12-16)36-15(2)23(32)34-4)14-35-19-10-8-18(9-11-19)30-22(31)13-21(25(26,27)28)29(3)24(30)33;1-5-19-21(13(24)20(5)12(17)18)10-3-6(2-8(15)11(22)23)7(14)4-9(10)16;1-11(9,10)3-2-4(6)5(7)8/h6-13,15H,5,14H2,1-4H3;3-4,8,12H,2H2,1H3,(H,22,23);4H,2-3,6H2,1H3,(H,7,8)(H,9,10). The van der Waals surface area contributed by atoms with Gasteiger partial charge in [0.15, 0.2) is 19.3 Å². The summed E-state index contributed by atoms with van der Waals surface area (Å²) in [5, 5.41) is 19.3.